The van der Waals surface area contributed by atoms with Gasteiger partial charge in [0.15, 0.2) is 0 Å². The molecule has 110 valence electrons. The van der Waals surface area contributed by atoms with E-state index in [2.05, 4.69) is 4.98 Å². The van der Waals surface area contributed by atoms with Crippen LogP contribution >= 0.6 is 0 Å². The molecule has 4 nitrogen and oxygen atoms in total. The second-order valence-electron chi connectivity index (χ2n) is 5.34. The normalized spacial score (nSPS) is 11.5. The molecule has 0 aliphatic rings. The summed E-state index contributed by atoms with van der Waals surface area (Å²) in [5.41, 5.74) is 4.15. The zero-order valence-electron chi connectivity index (χ0n) is 12.4. The van der Waals surface area contributed by atoms with E-state index in [1.807, 2.05) is 43.3 Å². The Hall–Kier alpha value is -2.75. The summed E-state index contributed by atoms with van der Waals surface area (Å²) in [6.45, 7) is 4.17. The van der Waals surface area contributed by atoms with Gasteiger partial charge in [-0.05, 0) is 32.0 Å². The average Bonchev–Trinajstić information content (AvgIpc) is 3.10. The van der Waals surface area contributed by atoms with Crippen molar-refractivity contribution in [1.29, 1.82) is 0 Å². The third-order valence-corrected chi connectivity index (χ3v) is 4.01. The van der Waals surface area contributed by atoms with Gasteiger partial charge in [0.2, 0.25) is 0 Å². The van der Waals surface area contributed by atoms with E-state index in [9.17, 15) is 4.79 Å². The van der Waals surface area contributed by atoms with Gasteiger partial charge in [0.1, 0.15) is 16.9 Å². The van der Waals surface area contributed by atoms with E-state index in [1.54, 1.807) is 6.92 Å². The molecule has 2 heterocycles. The van der Waals surface area contributed by atoms with E-state index in [4.69, 9.17) is 9.15 Å². The molecule has 2 aromatic heterocycles. The molecule has 0 radical (unpaired) electrons. The number of carbonyl (C=O) groups is 1. The van der Waals surface area contributed by atoms with Crippen molar-refractivity contribution in [2.45, 2.75) is 13.8 Å². The van der Waals surface area contributed by atoms with Crippen LogP contribution in [-0.2, 0) is 4.74 Å². The van der Waals surface area contributed by atoms with Crippen LogP contribution in [0.5, 0.6) is 0 Å². The smallest absolute Gasteiger partial charge is 0.354 e. The summed E-state index contributed by atoms with van der Waals surface area (Å²) in [4.78, 5) is 15.0. The minimum atomic E-state index is -0.334. The van der Waals surface area contributed by atoms with Crippen LogP contribution in [0.1, 0.15) is 23.0 Å². The molecule has 2 aromatic carbocycles. The first-order valence-corrected chi connectivity index (χ1v) is 7.29. The van der Waals surface area contributed by atoms with Gasteiger partial charge in [-0.1, -0.05) is 18.2 Å². The monoisotopic (exact) mass is 293 g/mol. The molecule has 0 bridgehead atoms. The standard InChI is InChI=1S/C18H15NO3/c1-3-21-18(20)15-8-12-10(2)17-13(9-14(12)19-15)11-6-4-5-7-16(11)22-17/h4-9,19H,3H2,1-2H3. The van der Waals surface area contributed by atoms with E-state index in [-0.39, 0.29) is 5.97 Å². The molecule has 0 saturated carbocycles. The molecule has 0 fully saturated rings. The highest BCUT2D eigenvalue weighted by Crippen LogP contribution is 2.35. The van der Waals surface area contributed by atoms with Gasteiger partial charge in [-0.3, -0.25) is 0 Å². The molecule has 0 spiro atoms. The van der Waals surface area contributed by atoms with Crippen molar-refractivity contribution in [2.75, 3.05) is 6.61 Å². The maximum atomic E-state index is 11.9. The number of aromatic amines is 1. The summed E-state index contributed by atoms with van der Waals surface area (Å²) < 4.78 is 11.0. The molecular weight excluding hydrogens is 278 g/mol. The second-order valence-corrected chi connectivity index (χ2v) is 5.34. The SMILES string of the molecule is CCOC(=O)c1cc2c(C)c3oc4ccccc4c3cc2[nH]1. The molecule has 1 N–H and O–H groups in total. The first-order valence-electron chi connectivity index (χ1n) is 7.29. The fraction of sp³-hybridized carbons (Fsp3) is 0.167. The van der Waals surface area contributed by atoms with Gasteiger partial charge in [0.05, 0.1) is 6.61 Å². The van der Waals surface area contributed by atoms with Crippen molar-refractivity contribution in [1.82, 2.24) is 4.98 Å². The Kier molecular flexibility index (Phi) is 2.73. The Labute approximate surface area is 126 Å². The third kappa shape index (κ3) is 1.73. The van der Waals surface area contributed by atoms with Crippen LogP contribution in [0.15, 0.2) is 40.8 Å². The average molecular weight is 293 g/mol. The number of nitrogens with one attached hydrogen (secondary N) is 1. The van der Waals surface area contributed by atoms with Crippen molar-refractivity contribution in [2.24, 2.45) is 0 Å². The van der Waals surface area contributed by atoms with Crippen LogP contribution in [0, 0.1) is 6.92 Å². The number of ether oxygens (including phenoxy) is 1. The third-order valence-electron chi connectivity index (χ3n) is 4.01. The lowest BCUT2D eigenvalue weighted by molar-refractivity contribution is 0.0520. The Morgan fingerprint density at radius 3 is 2.82 bits per heavy atom. The summed E-state index contributed by atoms with van der Waals surface area (Å²) >= 11 is 0. The molecule has 0 saturated heterocycles. The molecule has 4 rings (SSSR count). The number of esters is 1. The number of benzene rings is 2. The topological polar surface area (TPSA) is 55.2 Å². The quantitative estimate of drug-likeness (QED) is 0.551. The zero-order valence-corrected chi connectivity index (χ0v) is 12.4. The number of hydrogen-bond acceptors (Lipinski definition) is 3. The number of fused-ring (bicyclic) bond motifs is 4. The number of hydrogen-bond donors (Lipinski definition) is 1. The molecule has 0 unspecified atom stereocenters. The zero-order chi connectivity index (χ0) is 15.3. The van der Waals surface area contributed by atoms with Crippen LogP contribution in [0.4, 0.5) is 0 Å². The summed E-state index contributed by atoms with van der Waals surface area (Å²) in [6, 6.07) is 11.8. The highest BCUT2D eigenvalue weighted by atomic mass is 16.5. The lowest BCUT2D eigenvalue weighted by Crippen LogP contribution is -2.04. The summed E-state index contributed by atoms with van der Waals surface area (Å²) in [7, 11) is 0. The van der Waals surface area contributed by atoms with Crippen LogP contribution < -0.4 is 0 Å². The van der Waals surface area contributed by atoms with E-state index in [1.165, 1.54) is 0 Å². The molecular formula is C18H15NO3. The van der Waals surface area contributed by atoms with E-state index in [0.717, 1.165) is 38.4 Å². The van der Waals surface area contributed by atoms with Gasteiger partial charge >= 0.3 is 5.97 Å². The molecule has 0 aliphatic heterocycles. The highest BCUT2D eigenvalue weighted by molar-refractivity contribution is 6.12. The Bertz CT molecular complexity index is 1020. The maximum Gasteiger partial charge on any atom is 0.354 e. The van der Waals surface area contributed by atoms with Crippen LogP contribution in [-0.4, -0.2) is 17.6 Å². The van der Waals surface area contributed by atoms with Crippen LogP contribution in [0.2, 0.25) is 0 Å². The van der Waals surface area contributed by atoms with E-state index in [0.29, 0.717) is 12.3 Å². The highest BCUT2D eigenvalue weighted by Gasteiger charge is 2.16. The first kappa shape index (κ1) is 13.0. The van der Waals surface area contributed by atoms with Gasteiger partial charge in [-0.2, -0.15) is 0 Å². The number of rotatable bonds is 2. The van der Waals surface area contributed by atoms with E-state index < -0.39 is 0 Å². The summed E-state index contributed by atoms with van der Waals surface area (Å²) in [5.74, 6) is -0.334. The van der Waals surface area contributed by atoms with Crippen molar-refractivity contribution >= 4 is 38.8 Å². The number of aromatic nitrogens is 1. The molecule has 0 atom stereocenters. The van der Waals surface area contributed by atoms with Crippen molar-refractivity contribution < 1.29 is 13.9 Å². The number of H-pyrrole nitrogens is 1. The van der Waals surface area contributed by atoms with Gasteiger partial charge in [0.25, 0.3) is 0 Å². The van der Waals surface area contributed by atoms with Gasteiger partial charge in [0, 0.05) is 27.2 Å². The van der Waals surface area contributed by atoms with Crippen molar-refractivity contribution in [3.05, 3.63) is 47.7 Å². The lowest BCUT2D eigenvalue weighted by Gasteiger charge is -1.97. The minimum absolute atomic E-state index is 0.334. The minimum Gasteiger partial charge on any atom is -0.461 e. The largest absolute Gasteiger partial charge is 0.461 e. The summed E-state index contributed by atoms with van der Waals surface area (Å²) in [6.07, 6.45) is 0. The molecule has 22 heavy (non-hydrogen) atoms. The predicted molar refractivity (Wildman–Crippen MR) is 86.3 cm³/mol. The van der Waals surface area contributed by atoms with E-state index >= 15 is 0 Å². The predicted octanol–water partition coefficient (Wildman–Crippen LogP) is 4.55. The number of carbonyl (C=O) groups excluding carboxylic acids is 1. The Balaban J connectivity index is 2.03. The molecule has 4 heteroatoms. The number of para-hydroxylation sites is 1. The fourth-order valence-electron chi connectivity index (χ4n) is 2.97. The van der Waals surface area contributed by atoms with Crippen LogP contribution in [0.25, 0.3) is 32.8 Å². The van der Waals surface area contributed by atoms with Crippen molar-refractivity contribution in [3.8, 4) is 0 Å². The second kappa shape index (κ2) is 4.63. The maximum absolute atomic E-state index is 11.9. The number of furan rings is 1. The summed E-state index contributed by atoms with van der Waals surface area (Å²) in [5, 5.41) is 3.11. The van der Waals surface area contributed by atoms with Gasteiger partial charge < -0.3 is 14.1 Å². The molecule has 0 amide bonds. The van der Waals surface area contributed by atoms with Gasteiger partial charge in [-0.15, -0.1) is 0 Å². The van der Waals surface area contributed by atoms with Crippen molar-refractivity contribution in [3.63, 3.8) is 0 Å². The Morgan fingerprint density at radius 2 is 2.00 bits per heavy atom. The Morgan fingerprint density at radius 1 is 1.18 bits per heavy atom. The fourth-order valence-corrected chi connectivity index (χ4v) is 2.97. The molecule has 0 aliphatic carbocycles. The molecule has 4 aromatic rings. The van der Waals surface area contributed by atoms with Gasteiger partial charge in [-0.25, -0.2) is 4.79 Å². The van der Waals surface area contributed by atoms with Crippen LogP contribution in [0.3, 0.4) is 0 Å². The number of aryl methyl sites for hydroxylation is 1. The lowest BCUT2D eigenvalue weighted by atomic mass is 10.1. The first-order chi connectivity index (χ1) is 10.7.